The highest BCUT2D eigenvalue weighted by atomic mass is 32.2. The fourth-order valence-electron chi connectivity index (χ4n) is 3.20. The van der Waals surface area contributed by atoms with Gasteiger partial charge in [0.05, 0.1) is 5.75 Å². The predicted molar refractivity (Wildman–Crippen MR) is 138 cm³/mol. The van der Waals surface area contributed by atoms with E-state index < -0.39 is 0 Å². The third kappa shape index (κ3) is 6.73. The summed E-state index contributed by atoms with van der Waals surface area (Å²) in [6.07, 6.45) is 0. The molecule has 5 nitrogen and oxygen atoms in total. The van der Waals surface area contributed by atoms with Crippen LogP contribution in [0.1, 0.15) is 15.9 Å². The minimum absolute atomic E-state index is 0.0986. The van der Waals surface area contributed by atoms with Crippen molar-refractivity contribution in [3.05, 3.63) is 114 Å². The Morgan fingerprint density at radius 2 is 1.38 bits per heavy atom. The summed E-state index contributed by atoms with van der Waals surface area (Å²) in [4.78, 5) is 25.7. The molecule has 0 unspecified atom stereocenters. The number of benzene rings is 4. The first-order chi connectivity index (χ1) is 16.5. The first kappa shape index (κ1) is 23.1. The smallest absolute Gasteiger partial charge is 0.255 e. The number of carbonyl (C=O) groups excluding carboxylic acids is 2. The van der Waals surface area contributed by atoms with Crippen LogP contribution in [0.4, 0.5) is 11.4 Å². The number of rotatable bonds is 8. The Labute approximate surface area is 203 Å². The zero-order chi connectivity index (χ0) is 23.8. The van der Waals surface area contributed by atoms with E-state index in [-0.39, 0.29) is 17.6 Å². The molecule has 4 rings (SSSR count). The Balaban J connectivity index is 1.24. The Morgan fingerprint density at radius 3 is 2.09 bits per heavy atom. The highest BCUT2D eigenvalue weighted by Gasteiger charge is 2.08. The zero-order valence-corrected chi connectivity index (χ0v) is 19.5. The van der Waals surface area contributed by atoms with E-state index in [1.165, 1.54) is 11.8 Å². The Bertz CT molecular complexity index is 1260. The molecule has 2 N–H and O–H groups in total. The van der Waals surface area contributed by atoms with Crippen molar-refractivity contribution in [1.29, 1.82) is 0 Å². The van der Waals surface area contributed by atoms with Crippen molar-refractivity contribution in [2.75, 3.05) is 16.4 Å². The van der Waals surface area contributed by atoms with Crippen LogP contribution >= 0.6 is 11.8 Å². The van der Waals surface area contributed by atoms with Crippen LogP contribution in [-0.4, -0.2) is 17.6 Å². The predicted octanol–water partition coefficient (Wildman–Crippen LogP) is 6.77. The SMILES string of the molecule is Cc1cccc(C(=O)Nc2ccc(SCC(=O)Nc3ccc(Oc4ccccc4)cc3)cc2)c1. The van der Waals surface area contributed by atoms with E-state index in [0.29, 0.717) is 22.7 Å². The molecule has 0 aliphatic rings. The molecule has 0 fully saturated rings. The van der Waals surface area contributed by atoms with Crippen LogP contribution in [0.15, 0.2) is 108 Å². The summed E-state index contributed by atoms with van der Waals surface area (Å²) in [5.74, 6) is 1.49. The number of anilines is 2. The van der Waals surface area contributed by atoms with Gasteiger partial charge in [0, 0.05) is 21.8 Å². The maximum Gasteiger partial charge on any atom is 0.255 e. The molecule has 0 aliphatic heterocycles. The minimum atomic E-state index is -0.149. The quantitative estimate of drug-likeness (QED) is 0.280. The minimum Gasteiger partial charge on any atom is -0.457 e. The number of ether oxygens (including phenoxy) is 1. The van der Waals surface area contributed by atoms with Crippen molar-refractivity contribution in [3.63, 3.8) is 0 Å². The molecule has 4 aromatic carbocycles. The van der Waals surface area contributed by atoms with Gasteiger partial charge in [-0.2, -0.15) is 0 Å². The summed E-state index contributed by atoms with van der Waals surface area (Å²) in [6.45, 7) is 1.95. The van der Waals surface area contributed by atoms with Crippen molar-refractivity contribution < 1.29 is 14.3 Å². The Hall–Kier alpha value is -4.03. The molecule has 170 valence electrons. The second-order valence-electron chi connectivity index (χ2n) is 7.62. The van der Waals surface area contributed by atoms with Crippen molar-refractivity contribution in [3.8, 4) is 11.5 Å². The van der Waals surface area contributed by atoms with Crippen molar-refractivity contribution in [1.82, 2.24) is 0 Å². The van der Waals surface area contributed by atoms with Gasteiger partial charge in [0.15, 0.2) is 0 Å². The summed E-state index contributed by atoms with van der Waals surface area (Å²) in [7, 11) is 0. The maximum atomic E-state index is 12.4. The van der Waals surface area contributed by atoms with Crippen molar-refractivity contribution >= 4 is 35.0 Å². The topological polar surface area (TPSA) is 67.4 Å². The third-order valence-electron chi connectivity index (χ3n) is 4.88. The average Bonchev–Trinajstić information content (AvgIpc) is 2.85. The molecule has 34 heavy (non-hydrogen) atoms. The second-order valence-corrected chi connectivity index (χ2v) is 8.67. The van der Waals surface area contributed by atoms with E-state index >= 15 is 0 Å². The summed E-state index contributed by atoms with van der Waals surface area (Å²) < 4.78 is 5.76. The number of para-hydroxylation sites is 1. The molecule has 0 aromatic heterocycles. The molecule has 0 spiro atoms. The lowest BCUT2D eigenvalue weighted by Crippen LogP contribution is -2.14. The standard InChI is InChI=1S/C28H24N2O3S/c1-20-6-5-7-21(18-20)28(32)30-23-12-16-26(17-13-23)34-19-27(31)29-22-10-14-25(15-11-22)33-24-8-3-2-4-9-24/h2-18H,19H2,1H3,(H,29,31)(H,30,32). The molecular formula is C28H24N2O3S. The lowest BCUT2D eigenvalue weighted by Gasteiger charge is -2.09. The van der Waals surface area contributed by atoms with Gasteiger partial charge in [-0.25, -0.2) is 0 Å². The summed E-state index contributed by atoms with van der Waals surface area (Å²) in [5.41, 5.74) is 3.07. The molecule has 0 radical (unpaired) electrons. The second kappa shape index (κ2) is 11.2. The summed E-state index contributed by atoms with van der Waals surface area (Å²) in [6, 6.07) is 31.7. The lowest BCUT2D eigenvalue weighted by atomic mass is 10.1. The van der Waals surface area contributed by atoms with Crippen LogP contribution in [0.2, 0.25) is 0 Å². The maximum absolute atomic E-state index is 12.4. The van der Waals surface area contributed by atoms with Crippen LogP contribution in [0.25, 0.3) is 0 Å². The van der Waals surface area contributed by atoms with Gasteiger partial charge in [-0.15, -0.1) is 11.8 Å². The summed E-state index contributed by atoms with van der Waals surface area (Å²) in [5, 5.41) is 5.78. The number of thioether (sulfide) groups is 1. The lowest BCUT2D eigenvalue weighted by molar-refractivity contribution is -0.113. The molecule has 0 atom stereocenters. The van der Waals surface area contributed by atoms with Gasteiger partial charge >= 0.3 is 0 Å². The van der Waals surface area contributed by atoms with Crippen LogP contribution in [0.3, 0.4) is 0 Å². The van der Waals surface area contributed by atoms with Gasteiger partial charge < -0.3 is 15.4 Å². The zero-order valence-electron chi connectivity index (χ0n) is 18.7. The van der Waals surface area contributed by atoms with Gasteiger partial charge in [0.1, 0.15) is 11.5 Å². The summed E-state index contributed by atoms with van der Waals surface area (Å²) >= 11 is 1.43. The normalized spacial score (nSPS) is 10.4. The number of carbonyl (C=O) groups is 2. The Morgan fingerprint density at radius 1 is 0.735 bits per heavy atom. The van der Waals surface area contributed by atoms with Gasteiger partial charge in [0.25, 0.3) is 5.91 Å². The molecule has 2 amide bonds. The van der Waals surface area contributed by atoms with Crippen LogP contribution in [0, 0.1) is 6.92 Å². The Kier molecular flexibility index (Phi) is 7.63. The number of hydrogen-bond acceptors (Lipinski definition) is 4. The highest BCUT2D eigenvalue weighted by molar-refractivity contribution is 8.00. The first-order valence-electron chi connectivity index (χ1n) is 10.8. The molecule has 4 aromatic rings. The van der Waals surface area contributed by atoms with Gasteiger partial charge in [-0.3, -0.25) is 9.59 Å². The van der Waals surface area contributed by atoms with Gasteiger partial charge in [-0.05, 0) is 79.7 Å². The molecular weight excluding hydrogens is 444 g/mol. The van der Waals surface area contributed by atoms with Gasteiger partial charge in [0.2, 0.25) is 5.91 Å². The van der Waals surface area contributed by atoms with Crippen LogP contribution < -0.4 is 15.4 Å². The molecule has 0 saturated heterocycles. The molecule has 0 bridgehead atoms. The monoisotopic (exact) mass is 468 g/mol. The fourth-order valence-corrected chi connectivity index (χ4v) is 3.90. The number of amides is 2. The van der Waals surface area contributed by atoms with E-state index in [0.717, 1.165) is 16.2 Å². The molecule has 0 heterocycles. The molecule has 6 heteroatoms. The van der Waals surface area contributed by atoms with Gasteiger partial charge in [-0.1, -0.05) is 35.9 Å². The van der Waals surface area contributed by atoms with E-state index in [9.17, 15) is 9.59 Å². The molecule has 0 aliphatic carbocycles. The van der Waals surface area contributed by atoms with Crippen molar-refractivity contribution in [2.45, 2.75) is 11.8 Å². The van der Waals surface area contributed by atoms with E-state index in [2.05, 4.69) is 10.6 Å². The van der Waals surface area contributed by atoms with E-state index in [1.54, 1.807) is 6.07 Å². The largest absolute Gasteiger partial charge is 0.457 e. The van der Waals surface area contributed by atoms with E-state index in [4.69, 9.17) is 4.74 Å². The number of nitrogens with one attached hydrogen (secondary N) is 2. The highest BCUT2D eigenvalue weighted by Crippen LogP contribution is 2.24. The van der Waals surface area contributed by atoms with Crippen LogP contribution in [-0.2, 0) is 4.79 Å². The van der Waals surface area contributed by atoms with Crippen molar-refractivity contribution in [2.24, 2.45) is 0 Å². The van der Waals surface area contributed by atoms with Crippen LogP contribution in [0.5, 0.6) is 11.5 Å². The third-order valence-corrected chi connectivity index (χ3v) is 5.89. The number of hydrogen-bond donors (Lipinski definition) is 2. The average molecular weight is 469 g/mol. The first-order valence-corrected chi connectivity index (χ1v) is 11.8. The molecule has 0 saturated carbocycles. The number of aryl methyl sites for hydroxylation is 1. The fraction of sp³-hybridized carbons (Fsp3) is 0.0714. The van der Waals surface area contributed by atoms with E-state index in [1.807, 2.05) is 104 Å².